The molecule has 0 aliphatic carbocycles. The maximum Gasteiger partial charge on any atom is 0.407 e. The summed E-state index contributed by atoms with van der Waals surface area (Å²) < 4.78 is 5.13. The van der Waals surface area contributed by atoms with E-state index in [0.717, 1.165) is 0 Å². The molecule has 0 aromatic heterocycles. The SMILES string of the molecule is C#CCC(C)NC(C)CNC(=O)OC(C)(C)C. The molecule has 17 heavy (non-hydrogen) atoms. The third kappa shape index (κ3) is 9.70. The largest absolute Gasteiger partial charge is 0.444 e. The highest BCUT2D eigenvalue weighted by molar-refractivity contribution is 5.67. The van der Waals surface area contributed by atoms with Crippen LogP contribution in [-0.4, -0.2) is 30.3 Å². The first-order valence-corrected chi connectivity index (χ1v) is 5.91. The lowest BCUT2D eigenvalue weighted by Gasteiger charge is -2.22. The van der Waals surface area contributed by atoms with Crippen molar-refractivity contribution in [1.29, 1.82) is 0 Å². The van der Waals surface area contributed by atoms with Crippen LogP contribution in [0.5, 0.6) is 0 Å². The molecular formula is C13H24N2O2. The number of terminal acetylenes is 1. The van der Waals surface area contributed by atoms with Gasteiger partial charge in [-0.25, -0.2) is 4.79 Å². The summed E-state index contributed by atoms with van der Waals surface area (Å²) in [7, 11) is 0. The van der Waals surface area contributed by atoms with Crippen LogP contribution in [0.3, 0.4) is 0 Å². The van der Waals surface area contributed by atoms with E-state index in [4.69, 9.17) is 11.2 Å². The fourth-order valence-corrected chi connectivity index (χ4v) is 1.33. The minimum absolute atomic E-state index is 0.158. The van der Waals surface area contributed by atoms with Crippen molar-refractivity contribution in [2.45, 2.75) is 58.7 Å². The molecule has 0 aliphatic rings. The van der Waals surface area contributed by atoms with Crippen LogP contribution in [0.25, 0.3) is 0 Å². The molecule has 0 bridgehead atoms. The summed E-state index contributed by atoms with van der Waals surface area (Å²) in [5.41, 5.74) is -0.461. The van der Waals surface area contributed by atoms with E-state index in [-0.39, 0.29) is 12.1 Å². The zero-order valence-corrected chi connectivity index (χ0v) is 11.5. The van der Waals surface area contributed by atoms with Gasteiger partial charge in [0.1, 0.15) is 5.60 Å². The van der Waals surface area contributed by atoms with Crippen molar-refractivity contribution in [2.24, 2.45) is 0 Å². The average molecular weight is 240 g/mol. The smallest absolute Gasteiger partial charge is 0.407 e. The highest BCUT2D eigenvalue weighted by Crippen LogP contribution is 2.06. The summed E-state index contributed by atoms with van der Waals surface area (Å²) in [6.45, 7) is 10.0. The number of amides is 1. The lowest BCUT2D eigenvalue weighted by Crippen LogP contribution is -2.44. The zero-order chi connectivity index (χ0) is 13.5. The standard InChI is InChI=1S/C13H24N2O2/c1-7-8-10(2)15-11(3)9-14-12(16)17-13(4,5)6/h1,10-11,15H,8-9H2,2-6H3,(H,14,16). The lowest BCUT2D eigenvalue weighted by atomic mass is 10.2. The van der Waals surface area contributed by atoms with E-state index in [1.54, 1.807) is 0 Å². The van der Waals surface area contributed by atoms with Crippen LogP contribution in [0.1, 0.15) is 41.0 Å². The van der Waals surface area contributed by atoms with Crippen molar-refractivity contribution in [3.05, 3.63) is 0 Å². The molecule has 0 radical (unpaired) electrons. The first-order valence-electron chi connectivity index (χ1n) is 5.91. The van der Waals surface area contributed by atoms with Gasteiger partial charge in [0.15, 0.2) is 0 Å². The molecule has 0 aliphatic heterocycles. The molecule has 0 saturated heterocycles. The third-order valence-corrected chi connectivity index (χ3v) is 1.94. The van der Waals surface area contributed by atoms with Gasteiger partial charge in [-0.1, -0.05) is 0 Å². The molecule has 4 heteroatoms. The molecule has 2 N–H and O–H groups in total. The molecule has 0 aromatic carbocycles. The van der Waals surface area contributed by atoms with Crippen LogP contribution in [-0.2, 0) is 4.74 Å². The Morgan fingerprint density at radius 1 is 1.35 bits per heavy atom. The average Bonchev–Trinajstić information content (AvgIpc) is 2.12. The Bertz CT molecular complexity index is 276. The van der Waals surface area contributed by atoms with Gasteiger partial charge in [0.2, 0.25) is 0 Å². The molecule has 2 atom stereocenters. The van der Waals surface area contributed by atoms with Gasteiger partial charge in [-0.05, 0) is 34.6 Å². The Labute approximate surface area is 104 Å². The Hall–Kier alpha value is -1.21. The quantitative estimate of drug-likeness (QED) is 0.722. The van der Waals surface area contributed by atoms with Crippen LogP contribution in [0.15, 0.2) is 0 Å². The molecule has 0 fully saturated rings. The summed E-state index contributed by atoms with van der Waals surface area (Å²) >= 11 is 0. The molecule has 1 amide bonds. The van der Waals surface area contributed by atoms with E-state index in [1.165, 1.54) is 0 Å². The number of hydrogen-bond donors (Lipinski definition) is 2. The number of ether oxygens (including phenoxy) is 1. The molecule has 0 rings (SSSR count). The van der Waals surface area contributed by atoms with Crippen LogP contribution < -0.4 is 10.6 Å². The number of hydrogen-bond acceptors (Lipinski definition) is 3. The second-order valence-electron chi connectivity index (χ2n) is 5.26. The molecule has 98 valence electrons. The van der Waals surface area contributed by atoms with E-state index in [9.17, 15) is 4.79 Å². The summed E-state index contributed by atoms with van der Waals surface area (Å²) in [6, 6.07) is 0.404. The van der Waals surface area contributed by atoms with Crippen LogP contribution in [0.2, 0.25) is 0 Å². The monoisotopic (exact) mass is 240 g/mol. The zero-order valence-electron chi connectivity index (χ0n) is 11.5. The molecular weight excluding hydrogens is 216 g/mol. The van der Waals surface area contributed by atoms with Gasteiger partial charge in [-0.2, -0.15) is 0 Å². The summed E-state index contributed by atoms with van der Waals surface area (Å²) in [5, 5.41) is 6.00. The molecule has 2 unspecified atom stereocenters. The number of alkyl carbamates (subject to hydrolysis) is 1. The van der Waals surface area contributed by atoms with Crippen LogP contribution in [0, 0.1) is 12.3 Å². The van der Waals surface area contributed by atoms with Crippen molar-refractivity contribution < 1.29 is 9.53 Å². The first-order chi connectivity index (χ1) is 7.74. The number of rotatable bonds is 5. The molecule has 0 heterocycles. The van der Waals surface area contributed by atoms with E-state index in [2.05, 4.69) is 16.6 Å². The first kappa shape index (κ1) is 15.8. The van der Waals surface area contributed by atoms with Gasteiger partial charge in [0.05, 0.1) is 0 Å². The molecule has 0 aromatic rings. The van der Waals surface area contributed by atoms with Gasteiger partial charge in [-0.3, -0.25) is 0 Å². The van der Waals surface area contributed by atoms with Crippen molar-refractivity contribution in [2.75, 3.05) is 6.54 Å². The second kappa shape index (κ2) is 7.18. The van der Waals surface area contributed by atoms with Gasteiger partial charge >= 0.3 is 6.09 Å². The van der Waals surface area contributed by atoms with E-state index in [1.807, 2.05) is 34.6 Å². The van der Waals surface area contributed by atoms with E-state index >= 15 is 0 Å². The normalized spacial score (nSPS) is 14.6. The molecule has 0 saturated carbocycles. The molecule has 0 spiro atoms. The van der Waals surface area contributed by atoms with Gasteiger partial charge in [0, 0.05) is 25.0 Å². The second-order valence-corrected chi connectivity index (χ2v) is 5.26. The topological polar surface area (TPSA) is 50.4 Å². The Morgan fingerprint density at radius 3 is 2.41 bits per heavy atom. The van der Waals surface area contributed by atoms with Crippen molar-refractivity contribution in [3.8, 4) is 12.3 Å². The minimum Gasteiger partial charge on any atom is -0.444 e. The fraction of sp³-hybridized carbons (Fsp3) is 0.769. The molecule has 4 nitrogen and oxygen atoms in total. The van der Waals surface area contributed by atoms with Gasteiger partial charge in [0.25, 0.3) is 0 Å². The maximum absolute atomic E-state index is 11.4. The van der Waals surface area contributed by atoms with Crippen molar-refractivity contribution in [3.63, 3.8) is 0 Å². The van der Waals surface area contributed by atoms with Crippen molar-refractivity contribution >= 4 is 6.09 Å². The number of carbonyl (C=O) groups excluding carboxylic acids is 1. The van der Waals surface area contributed by atoms with E-state index < -0.39 is 11.7 Å². The lowest BCUT2D eigenvalue weighted by molar-refractivity contribution is 0.0522. The fourth-order valence-electron chi connectivity index (χ4n) is 1.33. The van der Waals surface area contributed by atoms with Crippen LogP contribution >= 0.6 is 0 Å². The highest BCUT2D eigenvalue weighted by atomic mass is 16.6. The summed E-state index contributed by atoms with van der Waals surface area (Å²) in [5.74, 6) is 2.59. The predicted molar refractivity (Wildman–Crippen MR) is 69.7 cm³/mol. The maximum atomic E-state index is 11.4. The minimum atomic E-state index is -0.461. The summed E-state index contributed by atoms with van der Waals surface area (Å²) in [6.07, 6.45) is 5.50. The van der Waals surface area contributed by atoms with E-state index in [0.29, 0.717) is 13.0 Å². The summed E-state index contributed by atoms with van der Waals surface area (Å²) in [4.78, 5) is 11.4. The Kier molecular flexibility index (Phi) is 6.67. The number of carbonyl (C=O) groups is 1. The van der Waals surface area contributed by atoms with Crippen LogP contribution in [0.4, 0.5) is 4.79 Å². The third-order valence-electron chi connectivity index (χ3n) is 1.94. The number of nitrogens with one attached hydrogen (secondary N) is 2. The highest BCUT2D eigenvalue weighted by Gasteiger charge is 2.16. The van der Waals surface area contributed by atoms with Crippen molar-refractivity contribution in [1.82, 2.24) is 10.6 Å². The van der Waals surface area contributed by atoms with Gasteiger partial charge in [-0.15, -0.1) is 12.3 Å². The van der Waals surface area contributed by atoms with Gasteiger partial charge < -0.3 is 15.4 Å². The predicted octanol–water partition coefficient (Wildman–Crippen LogP) is 1.90. The Morgan fingerprint density at radius 2 is 1.94 bits per heavy atom. The Balaban J connectivity index is 3.81.